The minimum atomic E-state index is -0.694. The minimum absolute atomic E-state index is 0.0501. The highest BCUT2D eigenvalue weighted by molar-refractivity contribution is 6.30. The Bertz CT molecular complexity index is 664. The zero-order valence-corrected chi connectivity index (χ0v) is 11.5. The van der Waals surface area contributed by atoms with Crippen LogP contribution in [0.5, 0.6) is 11.5 Å². The molecule has 2 aromatic carbocycles. The van der Waals surface area contributed by atoms with Crippen molar-refractivity contribution in [3.63, 3.8) is 0 Å². The number of hydrogen-bond donors (Lipinski definition) is 0. The lowest BCUT2D eigenvalue weighted by Crippen LogP contribution is -1.95. The summed E-state index contributed by atoms with van der Waals surface area (Å²) in [5.41, 5.74) is 0.176. The van der Waals surface area contributed by atoms with Crippen molar-refractivity contribution < 1.29 is 14.1 Å². The summed E-state index contributed by atoms with van der Waals surface area (Å²) in [7, 11) is 0. The molecule has 0 fully saturated rings. The molecular weight excluding hydrogens is 308 g/mol. The predicted octanol–water partition coefficient (Wildman–Crippen LogP) is 4.92. The number of halogens is 3. The van der Waals surface area contributed by atoms with Gasteiger partial charge in [-0.1, -0.05) is 17.7 Å². The normalized spacial score (nSPS) is 10.3. The summed E-state index contributed by atoms with van der Waals surface area (Å²) in [6.45, 7) is 0. The van der Waals surface area contributed by atoms with Gasteiger partial charge in [-0.3, -0.25) is 10.1 Å². The van der Waals surface area contributed by atoms with Crippen molar-refractivity contribution in [3.8, 4) is 11.5 Å². The predicted molar refractivity (Wildman–Crippen MR) is 74.1 cm³/mol. The molecule has 0 unspecified atom stereocenters. The van der Waals surface area contributed by atoms with Gasteiger partial charge in [-0.15, -0.1) is 11.6 Å². The van der Waals surface area contributed by atoms with Gasteiger partial charge in [0.15, 0.2) is 11.6 Å². The number of benzene rings is 2. The smallest absolute Gasteiger partial charge is 0.274 e. The van der Waals surface area contributed by atoms with Crippen molar-refractivity contribution in [2.24, 2.45) is 0 Å². The molecule has 0 saturated carbocycles. The van der Waals surface area contributed by atoms with Crippen LogP contribution < -0.4 is 4.74 Å². The van der Waals surface area contributed by atoms with E-state index in [2.05, 4.69) is 0 Å². The molecule has 0 aliphatic rings. The monoisotopic (exact) mass is 315 g/mol. The number of alkyl halides is 1. The van der Waals surface area contributed by atoms with Gasteiger partial charge in [0.2, 0.25) is 0 Å². The number of hydrogen-bond acceptors (Lipinski definition) is 3. The van der Waals surface area contributed by atoms with Crippen LogP contribution in [0.3, 0.4) is 0 Å². The Morgan fingerprint density at radius 1 is 1.30 bits per heavy atom. The van der Waals surface area contributed by atoms with E-state index in [-0.39, 0.29) is 33.7 Å². The van der Waals surface area contributed by atoms with Gasteiger partial charge in [0.25, 0.3) is 5.69 Å². The SMILES string of the molecule is O=[N+]([O-])c1ccc(Oc2cccc(Cl)c2F)cc1CCl. The van der Waals surface area contributed by atoms with Crippen molar-refractivity contribution >= 4 is 28.9 Å². The largest absolute Gasteiger partial charge is 0.454 e. The van der Waals surface area contributed by atoms with Gasteiger partial charge in [0.1, 0.15) is 5.75 Å². The van der Waals surface area contributed by atoms with Crippen molar-refractivity contribution in [2.45, 2.75) is 5.88 Å². The average Bonchev–Trinajstić information content (AvgIpc) is 2.43. The Morgan fingerprint density at radius 3 is 2.70 bits per heavy atom. The maximum absolute atomic E-state index is 13.7. The van der Waals surface area contributed by atoms with Gasteiger partial charge in [-0.2, -0.15) is 0 Å². The van der Waals surface area contributed by atoms with E-state index in [0.29, 0.717) is 0 Å². The highest BCUT2D eigenvalue weighted by Crippen LogP contribution is 2.31. The highest BCUT2D eigenvalue weighted by Gasteiger charge is 2.15. The van der Waals surface area contributed by atoms with Gasteiger partial charge < -0.3 is 4.74 Å². The van der Waals surface area contributed by atoms with Crippen LogP contribution in [0.4, 0.5) is 10.1 Å². The molecule has 2 rings (SSSR count). The van der Waals surface area contributed by atoms with Gasteiger partial charge in [0, 0.05) is 11.6 Å². The van der Waals surface area contributed by atoms with Crippen molar-refractivity contribution in [1.82, 2.24) is 0 Å². The lowest BCUT2D eigenvalue weighted by atomic mass is 10.2. The average molecular weight is 316 g/mol. The first-order chi connectivity index (χ1) is 9.52. The fraction of sp³-hybridized carbons (Fsp3) is 0.0769. The van der Waals surface area contributed by atoms with Crippen LogP contribution in [-0.4, -0.2) is 4.92 Å². The van der Waals surface area contributed by atoms with E-state index in [0.717, 1.165) is 0 Å². The van der Waals surface area contributed by atoms with E-state index >= 15 is 0 Å². The zero-order valence-electron chi connectivity index (χ0n) is 9.98. The zero-order chi connectivity index (χ0) is 14.7. The Morgan fingerprint density at radius 2 is 2.05 bits per heavy atom. The summed E-state index contributed by atoms with van der Waals surface area (Å²) in [6.07, 6.45) is 0. The summed E-state index contributed by atoms with van der Waals surface area (Å²) >= 11 is 11.3. The molecule has 0 amide bonds. The van der Waals surface area contributed by atoms with Crippen LogP contribution in [0.2, 0.25) is 5.02 Å². The first-order valence-corrected chi connectivity index (χ1v) is 6.39. The lowest BCUT2D eigenvalue weighted by Gasteiger charge is -2.08. The van der Waals surface area contributed by atoms with E-state index in [9.17, 15) is 14.5 Å². The molecule has 7 heteroatoms. The van der Waals surface area contributed by atoms with Crippen molar-refractivity contribution in [1.29, 1.82) is 0 Å². The first kappa shape index (κ1) is 14.6. The molecule has 4 nitrogen and oxygen atoms in total. The van der Waals surface area contributed by atoms with Crippen LogP contribution in [0.15, 0.2) is 36.4 Å². The first-order valence-electron chi connectivity index (χ1n) is 5.48. The van der Waals surface area contributed by atoms with E-state index < -0.39 is 10.7 Å². The Labute approximate surface area is 123 Å². The summed E-state index contributed by atoms with van der Waals surface area (Å²) < 4.78 is 19.0. The summed E-state index contributed by atoms with van der Waals surface area (Å²) in [5.74, 6) is -0.565. The third kappa shape index (κ3) is 3.00. The summed E-state index contributed by atoms with van der Waals surface area (Å²) in [5, 5.41) is 10.7. The van der Waals surface area contributed by atoms with Gasteiger partial charge in [-0.25, -0.2) is 4.39 Å². The van der Waals surface area contributed by atoms with E-state index in [1.54, 1.807) is 0 Å². The van der Waals surface area contributed by atoms with E-state index in [1.807, 2.05) is 0 Å². The minimum Gasteiger partial charge on any atom is -0.454 e. The Balaban J connectivity index is 2.35. The molecule has 2 aromatic rings. The standard InChI is InChI=1S/C13H8Cl2FNO3/c14-7-8-6-9(4-5-11(8)17(18)19)20-12-3-1-2-10(15)13(12)16/h1-6H,7H2. The van der Waals surface area contributed by atoms with E-state index in [1.165, 1.54) is 36.4 Å². The second-order valence-electron chi connectivity index (χ2n) is 3.84. The molecular formula is C13H8Cl2FNO3. The Kier molecular flexibility index (Phi) is 4.42. The second-order valence-corrected chi connectivity index (χ2v) is 4.51. The maximum Gasteiger partial charge on any atom is 0.274 e. The molecule has 0 saturated heterocycles. The number of rotatable bonds is 4. The quantitative estimate of drug-likeness (QED) is 0.457. The van der Waals surface area contributed by atoms with Crippen LogP contribution in [-0.2, 0) is 5.88 Å². The molecule has 0 aromatic heterocycles. The fourth-order valence-corrected chi connectivity index (χ4v) is 1.98. The molecule has 0 aliphatic heterocycles. The van der Waals surface area contributed by atoms with Crippen molar-refractivity contribution in [2.75, 3.05) is 0 Å². The number of nitrogens with zero attached hydrogens (tertiary/aromatic N) is 1. The summed E-state index contributed by atoms with van der Waals surface area (Å²) in [4.78, 5) is 10.2. The van der Waals surface area contributed by atoms with Gasteiger partial charge in [0.05, 0.1) is 15.8 Å². The van der Waals surface area contributed by atoms with Crippen LogP contribution >= 0.6 is 23.2 Å². The second kappa shape index (κ2) is 6.07. The maximum atomic E-state index is 13.7. The number of nitro groups is 1. The van der Waals surface area contributed by atoms with Gasteiger partial charge in [-0.05, 0) is 24.3 Å². The molecule has 20 heavy (non-hydrogen) atoms. The van der Waals surface area contributed by atoms with E-state index in [4.69, 9.17) is 27.9 Å². The molecule has 0 radical (unpaired) electrons. The Hall–Kier alpha value is -1.85. The molecule has 0 heterocycles. The molecule has 0 bridgehead atoms. The summed E-state index contributed by atoms with van der Waals surface area (Å²) in [6, 6.07) is 8.36. The molecule has 0 atom stereocenters. The third-order valence-electron chi connectivity index (χ3n) is 2.54. The van der Waals surface area contributed by atoms with Crippen LogP contribution in [0, 0.1) is 15.9 Å². The highest BCUT2D eigenvalue weighted by atomic mass is 35.5. The van der Waals surface area contributed by atoms with Crippen molar-refractivity contribution in [3.05, 3.63) is 62.9 Å². The van der Waals surface area contributed by atoms with Crippen LogP contribution in [0.1, 0.15) is 5.56 Å². The number of ether oxygens (including phenoxy) is 1. The topological polar surface area (TPSA) is 52.4 Å². The third-order valence-corrected chi connectivity index (χ3v) is 3.12. The molecule has 0 spiro atoms. The van der Waals surface area contributed by atoms with Gasteiger partial charge >= 0.3 is 0 Å². The molecule has 0 aliphatic carbocycles. The molecule has 104 valence electrons. The number of nitro benzene ring substituents is 1. The fourth-order valence-electron chi connectivity index (χ4n) is 1.60. The molecule has 0 N–H and O–H groups in total. The van der Waals surface area contributed by atoms with Crippen LogP contribution in [0.25, 0.3) is 0 Å². The lowest BCUT2D eigenvalue weighted by molar-refractivity contribution is -0.385.